The van der Waals surface area contributed by atoms with Crippen molar-refractivity contribution in [1.29, 1.82) is 0 Å². The van der Waals surface area contributed by atoms with Crippen molar-refractivity contribution in [3.05, 3.63) is 11.6 Å². The number of ether oxygens (including phenoxy) is 2. The molecule has 0 aromatic heterocycles. The molecule has 2 aliphatic carbocycles. The first-order chi connectivity index (χ1) is 8.43. The van der Waals surface area contributed by atoms with E-state index in [1.807, 2.05) is 0 Å². The molecule has 100 valence electrons. The largest absolute Gasteiger partial charge is 0.390 e. The van der Waals surface area contributed by atoms with Gasteiger partial charge in [-0.05, 0) is 26.2 Å². The summed E-state index contributed by atoms with van der Waals surface area (Å²) in [6, 6.07) is 0. The Bertz CT molecular complexity index is 439. The predicted molar refractivity (Wildman–Crippen MR) is 67.2 cm³/mol. The predicted octanol–water partition coefficient (Wildman–Crippen LogP) is 2.04. The first kappa shape index (κ1) is 11.4. The highest BCUT2D eigenvalue weighted by Crippen LogP contribution is 2.71. The van der Waals surface area contributed by atoms with Crippen LogP contribution in [0.25, 0.3) is 0 Å². The van der Waals surface area contributed by atoms with Gasteiger partial charge in [-0.2, -0.15) is 0 Å². The second kappa shape index (κ2) is 3.02. The highest BCUT2D eigenvalue weighted by Gasteiger charge is 2.79. The third-order valence-electron chi connectivity index (χ3n) is 6.47. The quantitative estimate of drug-likeness (QED) is 0.528. The van der Waals surface area contributed by atoms with Crippen LogP contribution in [0.15, 0.2) is 11.6 Å². The Morgan fingerprint density at radius 1 is 1.39 bits per heavy atom. The van der Waals surface area contributed by atoms with Gasteiger partial charge in [0.15, 0.2) is 0 Å². The normalized spacial score (nSPS) is 61.6. The lowest BCUT2D eigenvalue weighted by molar-refractivity contribution is -0.197. The summed E-state index contributed by atoms with van der Waals surface area (Å²) in [7, 11) is 0. The van der Waals surface area contributed by atoms with Crippen LogP contribution >= 0.6 is 0 Å². The minimum absolute atomic E-state index is 0.0458. The van der Waals surface area contributed by atoms with Crippen LogP contribution in [0.2, 0.25) is 0 Å². The van der Waals surface area contributed by atoms with Gasteiger partial charge in [-0.3, -0.25) is 0 Å². The Morgan fingerprint density at radius 3 is 2.78 bits per heavy atom. The van der Waals surface area contributed by atoms with Crippen LogP contribution in [0.5, 0.6) is 0 Å². The van der Waals surface area contributed by atoms with Gasteiger partial charge >= 0.3 is 0 Å². The number of aliphatic hydroxyl groups is 1. The molecule has 1 spiro atoms. The van der Waals surface area contributed by atoms with Crippen LogP contribution in [-0.2, 0) is 9.47 Å². The van der Waals surface area contributed by atoms with Crippen molar-refractivity contribution in [1.82, 2.24) is 0 Å². The molecule has 4 aliphatic rings. The Hall–Kier alpha value is -0.380. The molecule has 4 rings (SSSR count). The van der Waals surface area contributed by atoms with E-state index in [4.69, 9.17) is 9.47 Å². The van der Waals surface area contributed by atoms with E-state index in [1.165, 1.54) is 5.57 Å². The zero-order chi connectivity index (χ0) is 12.8. The molecule has 0 amide bonds. The van der Waals surface area contributed by atoms with Crippen molar-refractivity contribution in [3.63, 3.8) is 0 Å². The molecule has 2 heterocycles. The van der Waals surface area contributed by atoms with Crippen LogP contribution in [0.3, 0.4) is 0 Å². The van der Waals surface area contributed by atoms with E-state index in [2.05, 4.69) is 26.8 Å². The van der Waals surface area contributed by atoms with Crippen molar-refractivity contribution in [2.75, 3.05) is 6.61 Å². The molecule has 18 heavy (non-hydrogen) atoms. The monoisotopic (exact) mass is 250 g/mol. The number of hydrogen-bond acceptors (Lipinski definition) is 3. The number of epoxide rings is 1. The van der Waals surface area contributed by atoms with Gasteiger partial charge in [0.1, 0.15) is 11.7 Å². The SMILES string of the molecule is CC1=C[C@H]2O[C@@H]3[C@H](O)C[C@@](C)(C34CO4)[C@@]2(C)CC1. The van der Waals surface area contributed by atoms with Crippen LogP contribution in [-0.4, -0.2) is 35.6 Å². The molecular weight excluding hydrogens is 228 g/mol. The Kier molecular flexibility index (Phi) is 1.92. The van der Waals surface area contributed by atoms with Gasteiger partial charge < -0.3 is 14.6 Å². The lowest BCUT2D eigenvalue weighted by Gasteiger charge is -2.56. The summed E-state index contributed by atoms with van der Waals surface area (Å²) in [4.78, 5) is 0. The van der Waals surface area contributed by atoms with Gasteiger partial charge in [-0.25, -0.2) is 0 Å². The van der Waals surface area contributed by atoms with E-state index in [0.717, 1.165) is 25.9 Å². The fraction of sp³-hybridized carbons (Fsp3) is 0.867. The van der Waals surface area contributed by atoms with Crippen LogP contribution in [0, 0.1) is 10.8 Å². The van der Waals surface area contributed by atoms with Crippen molar-refractivity contribution in [3.8, 4) is 0 Å². The minimum atomic E-state index is -0.367. The summed E-state index contributed by atoms with van der Waals surface area (Å²) in [5, 5.41) is 10.3. The summed E-state index contributed by atoms with van der Waals surface area (Å²) in [6.45, 7) is 7.59. The fourth-order valence-electron chi connectivity index (χ4n) is 4.86. The summed E-state index contributed by atoms with van der Waals surface area (Å²) in [5.74, 6) is 0. The molecule has 6 atom stereocenters. The zero-order valence-corrected chi connectivity index (χ0v) is 11.4. The molecule has 3 nitrogen and oxygen atoms in total. The van der Waals surface area contributed by atoms with Crippen LogP contribution < -0.4 is 0 Å². The summed E-state index contributed by atoms with van der Waals surface area (Å²) in [5.41, 5.74) is 1.36. The number of allylic oxidation sites excluding steroid dienone is 1. The third-order valence-corrected chi connectivity index (χ3v) is 6.47. The zero-order valence-electron chi connectivity index (χ0n) is 11.4. The highest BCUT2D eigenvalue weighted by molar-refractivity contribution is 5.31. The van der Waals surface area contributed by atoms with E-state index in [0.29, 0.717) is 0 Å². The lowest BCUT2D eigenvalue weighted by Crippen LogP contribution is -2.61. The second-order valence-corrected chi connectivity index (χ2v) is 7.19. The molecule has 2 aliphatic heterocycles. The minimum Gasteiger partial charge on any atom is -0.390 e. The van der Waals surface area contributed by atoms with Crippen molar-refractivity contribution >= 4 is 0 Å². The fourth-order valence-corrected chi connectivity index (χ4v) is 4.86. The lowest BCUT2D eigenvalue weighted by atomic mass is 9.53. The molecule has 1 unspecified atom stereocenters. The molecule has 1 saturated carbocycles. The van der Waals surface area contributed by atoms with Gasteiger partial charge in [-0.15, -0.1) is 0 Å². The Labute approximate surface area is 108 Å². The molecule has 2 saturated heterocycles. The van der Waals surface area contributed by atoms with Crippen molar-refractivity contribution in [2.45, 2.75) is 63.9 Å². The molecule has 3 heteroatoms. The standard InChI is InChI=1S/C15H22O3/c1-9-4-5-13(2)11(6-9)18-12-10(16)7-14(13,3)15(12)8-17-15/h6,10-12,16H,4-5,7-8H2,1-3H3/t10-,11-,12-,13+,14-,15?/m1/s1. The number of fused-ring (bicyclic) bond motifs is 2. The average molecular weight is 250 g/mol. The van der Waals surface area contributed by atoms with Gasteiger partial charge in [0.2, 0.25) is 0 Å². The van der Waals surface area contributed by atoms with E-state index in [9.17, 15) is 5.11 Å². The summed E-state index contributed by atoms with van der Waals surface area (Å²) in [6.07, 6.45) is 5.04. The Morgan fingerprint density at radius 2 is 2.11 bits per heavy atom. The average Bonchev–Trinajstić information content (AvgIpc) is 3.06. The maximum Gasteiger partial charge on any atom is 0.126 e. The van der Waals surface area contributed by atoms with E-state index < -0.39 is 0 Å². The second-order valence-electron chi connectivity index (χ2n) is 7.19. The number of hydrogen-bond donors (Lipinski definition) is 1. The summed E-state index contributed by atoms with van der Waals surface area (Å²) < 4.78 is 12.1. The first-order valence-electron chi connectivity index (χ1n) is 7.08. The van der Waals surface area contributed by atoms with Crippen molar-refractivity contribution in [2.24, 2.45) is 10.8 Å². The number of rotatable bonds is 0. The van der Waals surface area contributed by atoms with E-state index in [-0.39, 0.29) is 34.7 Å². The van der Waals surface area contributed by atoms with E-state index >= 15 is 0 Å². The topological polar surface area (TPSA) is 42.0 Å². The first-order valence-corrected chi connectivity index (χ1v) is 7.08. The highest BCUT2D eigenvalue weighted by atomic mass is 16.6. The van der Waals surface area contributed by atoms with Crippen LogP contribution in [0.4, 0.5) is 0 Å². The maximum absolute atomic E-state index is 10.3. The Balaban J connectivity index is 1.86. The molecule has 0 radical (unpaired) electrons. The maximum atomic E-state index is 10.3. The molecule has 1 N–H and O–H groups in total. The van der Waals surface area contributed by atoms with Gasteiger partial charge in [0.25, 0.3) is 0 Å². The summed E-state index contributed by atoms with van der Waals surface area (Å²) >= 11 is 0. The molecular formula is C15H22O3. The van der Waals surface area contributed by atoms with E-state index in [1.54, 1.807) is 0 Å². The molecule has 2 bridgehead atoms. The van der Waals surface area contributed by atoms with Crippen molar-refractivity contribution < 1.29 is 14.6 Å². The van der Waals surface area contributed by atoms with Gasteiger partial charge in [-0.1, -0.05) is 25.5 Å². The van der Waals surface area contributed by atoms with Crippen LogP contribution in [0.1, 0.15) is 40.0 Å². The number of aliphatic hydroxyl groups excluding tert-OH is 1. The molecule has 3 fully saturated rings. The van der Waals surface area contributed by atoms with Gasteiger partial charge in [0.05, 0.1) is 18.8 Å². The molecule has 0 aromatic carbocycles. The molecule has 0 aromatic rings. The smallest absolute Gasteiger partial charge is 0.126 e. The van der Waals surface area contributed by atoms with Gasteiger partial charge in [0, 0.05) is 10.8 Å². The third kappa shape index (κ3) is 1.01.